The molecular formula is C16H24ClNO2. The van der Waals surface area contributed by atoms with Gasteiger partial charge in [-0.2, -0.15) is 0 Å². The van der Waals surface area contributed by atoms with Crippen molar-refractivity contribution in [2.75, 3.05) is 26.2 Å². The van der Waals surface area contributed by atoms with Crippen LogP contribution in [0.25, 0.3) is 0 Å². The van der Waals surface area contributed by atoms with Crippen LogP contribution in [-0.2, 0) is 0 Å². The zero-order chi connectivity index (χ0) is 14.5. The number of benzene rings is 1. The van der Waals surface area contributed by atoms with Gasteiger partial charge in [-0.25, -0.2) is 0 Å². The molecule has 3 atom stereocenters. The maximum atomic E-state index is 10.1. The Kier molecular flexibility index (Phi) is 5.70. The molecule has 1 heterocycles. The summed E-state index contributed by atoms with van der Waals surface area (Å²) in [6.07, 6.45) is 0.798. The fraction of sp³-hybridized carbons (Fsp3) is 0.625. The molecular weight excluding hydrogens is 274 g/mol. The first-order valence-electron chi connectivity index (χ1n) is 7.32. The number of piperidine rings is 1. The van der Waals surface area contributed by atoms with Crippen molar-refractivity contribution in [1.82, 2.24) is 4.90 Å². The van der Waals surface area contributed by atoms with E-state index >= 15 is 0 Å². The van der Waals surface area contributed by atoms with Crippen LogP contribution < -0.4 is 4.74 Å². The summed E-state index contributed by atoms with van der Waals surface area (Å²) in [7, 11) is 0. The van der Waals surface area contributed by atoms with E-state index < -0.39 is 6.10 Å². The molecule has 0 unspecified atom stereocenters. The molecule has 0 radical (unpaired) electrons. The zero-order valence-corrected chi connectivity index (χ0v) is 13.0. The SMILES string of the molecule is C[C@@H]1C[C@@H](C)CN(C[C@H](O)COc2ccccc2Cl)C1. The van der Waals surface area contributed by atoms with Crippen molar-refractivity contribution in [3.8, 4) is 5.75 Å². The number of para-hydroxylation sites is 1. The molecule has 1 aliphatic heterocycles. The van der Waals surface area contributed by atoms with E-state index in [0.29, 0.717) is 29.2 Å². The largest absolute Gasteiger partial charge is 0.489 e. The molecule has 0 spiro atoms. The number of hydrogen-bond acceptors (Lipinski definition) is 3. The number of hydrogen-bond donors (Lipinski definition) is 1. The molecule has 1 N–H and O–H groups in total. The quantitative estimate of drug-likeness (QED) is 0.907. The van der Waals surface area contributed by atoms with Gasteiger partial charge in [-0.15, -0.1) is 0 Å². The van der Waals surface area contributed by atoms with Gasteiger partial charge in [0.1, 0.15) is 18.5 Å². The molecule has 0 saturated carbocycles. The number of nitrogens with zero attached hydrogens (tertiary/aromatic N) is 1. The Morgan fingerprint density at radius 3 is 2.60 bits per heavy atom. The van der Waals surface area contributed by atoms with Crippen molar-refractivity contribution in [3.63, 3.8) is 0 Å². The smallest absolute Gasteiger partial charge is 0.138 e. The summed E-state index contributed by atoms with van der Waals surface area (Å²) in [6.45, 7) is 7.62. The highest BCUT2D eigenvalue weighted by Gasteiger charge is 2.23. The van der Waals surface area contributed by atoms with E-state index in [-0.39, 0.29) is 6.61 Å². The van der Waals surface area contributed by atoms with Crippen molar-refractivity contribution in [3.05, 3.63) is 29.3 Å². The van der Waals surface area contributed by atoms with Gasteiger partial charge in [0.2, 0.25) is 0 Å². The summed E-state index contributed by atoms with van der Waals surface area (Å²) >= 11 is 6.02. The average molecular weight is 298 g/mol. The van der Waals surface area contributed by atoms with Crippen LogP contribution in [0.15, 0.2) is 24.3 Å². The number of likely N-dealkylation sites (tertiary alicyclic amines) is 1. The van der Waals surface area contributed by atoms with E-state index in [0.717, 1.165) is 13.1 Å². The predicted molar refractivity (Wildman–Crippen MR) is 82.3 cm³/mol. The van der Waals surface area contributed by atoms with E-state index in [9.17, 15) is 5.11 Å². The van der Waals surface area contributed by atoms with Crippen LogP contribution in [0.3, 0.4) is 0 Å². The van der Waals surface area contributed by atoms with Gasteiger partial charge in [0.25, 0.3) is 0 Å². The zero-order valence-electron chi connectivity index (χ0n) is 12.3. The van der Waals surface area contributed by atoms with Crippen molar-refractivity contribution in [1.29, 1.82) is 0 Å². The van der Waals surface area contributed by atoms with Crippen LogP contribution in [0, 0.1) is 11.8 Å². The third kappa shape index (κ3) is 4.65. The van der Waals surface area contributed by atoms with Crippen LogP contribution >= 0.6 is 11.6 Å². The number of β-amino-alcohol motifs (C(OH)–C–C–N with tert-alkyl or cyclic N) is 1. The maximum absolute atomic E-state index is 10.1. The van der Waals surface area contributed by atoms with E-state index in [1.807, 2.05) is 18.2 Å². The first kappa shape index (κ1) is 15.6. The number of rotatable bonds is 5. The molecule has 0 amide bonds. The third-order valence-electron chi connectivity index (χ3n) is 3.68. The Bertz CT molecular complexity index is 417. The van der Waals surface area contributed by atoms with E-state index in [2.05, 4.69) is 18.7 Å². The van der Waals surface area contributed by atoms with Crippen LogP contribution in [0.5, 0.6) is 5.75 Å². The van der Waals surface area contributed by atoms with Gasteiger partial charge in [-0.05, 0) is 30.4 Å². The summed E-state index contributed by atoms with van der Waals surface area (Å²) in [4.78, 5) is 2.33. The van der Waals surface area contributed by atoms with E-state index in [1.54, 1.807) is 6.07 Å². The van der Waals surface area contributed by atoms with Gasteiger partial charge in [-0.1, -0.05) is 37.6 Å². The third-order valence-corrected chi connectivity index (χ3v) is 3.99. The molecule has 112 valence electrons. The second-order valence-electron chi connectivity index (χ2n) is 6.06. The van der Waals surface area contributed by atoms with Gasteiger partial charge in [0.15, 0.2) is 0 Å². The maximum Gasteiger partial charge on any atom is 0.138 e. The number of aliphatic hydroxyl groups is 1. The highest BCUT2D eigenvalue weighted by Crippen LogP contribution is 2.24. The van der Waals surface area contributed by atoms with Gasteiger partial charge in [-0.3, -0.25) is 0 Å². The minimum absolute atomic E-state index is 0.281. The average Bonchev–Trinajstić information content (AvgIpc) is 2.36. The molecule has 1 fully saturated rings. The van der Waals surface area contributed by atoms with E-state index in [1.165, 1.54) is 6.42 Å². The molecule has 2 rings (SSSR count). The minimum Gasteiger partial charge on any atom is -0.489 e. The summed E-state index contributed by atoms with van der Waals surface area (Å²) in [5.41, 5.74) is 0. The lowest BCUT2D eigenvalue weighted by molar-refractivity contribution is 0.0429. The van der Waals surface area contributed by atoms with Crippen molar-refractivity contribution >= 4 is 11.6 Å². The topological polar surface area (TPSA) is 32.7 Å². The Balaban J connectivity index is 1.78. The molecule has 20 heavy (non-hydrogen) atoms. The molecule has 1 aromatic rings. The van der Waals surface area contributed by atoms with Crippen molar-refractivity contribution in [2.24, 2.45) is 11.8 Å². The van der Waals surface area contributed by atoms with Gasteiger partial charge in [0.05, 0.1) is 5.02 Å². The lowest BCUT2D eigenvalue weighted by Crippen LogP contribution is -2.44. The fourth-order valence-electron chi connectivity index (χ4n) is 3.04. The Hall–Kier alpha value is -0.770. The van der Waals surface area contributed by atoms with Crippen LogP contribution in [0.4, 0.5) is 0 Å². The van der Waals surface area contributed by atoms with Gasteiger partial charge >= 0.3 is 0 Å². The highest BCUT2D eigenvalue weighted by atomic mass is 35.5. The second kappa shape index (κ2) is 7.30. The molecule has 1 saturated heterocycles. The predicted octanol–water partition coefficient (Wildman–Crippen LogP) is 3.06. The summed E-state index contributed by atoms with van der Waals surface area (Å²) in [5, 5.41) is 10.7. The monoisotopic (exact) mass is 297 g/mol. The number of halogens is 1. The molecule has 1 aliphatic rings. The van der Waals surface area contributed by atoms with Crippen molar-refractivity contribution in [2.45, 2.75) is 26.4 Å². The molecule has 3 nitrogen and oxygen atoms in total. The minimum atomic E-state index is -0.483. The Morgan fingerprint density at radius 2 is 1.95 bits per heavy atom. The molecule has 4 heteroatoms. The van der Waals surface area contributed by atoms with Gasteiger partial charge < -0.3 is 14.7 Å². The first-order chi connectivity index (χ1) is 9.54. The van der Waals surface area contributed by atoms with Crippen LogP contribution in [-0.4, -0.2) is 42.4 Å². The summed E-state index contributed by atoms with van der Waals surface area (Å²) in [6, 6.07) is 7.35. The molecule has 0 aliphatic carbocycles. The first-order valence-corrected chi connectivity index (χ1v) is 7.70. The Labute approximate surface area is 126 Å². The number of aliphatic hydroxyl groups excluding tert-OH is 1. The highest BCUT2D eigenvalue weighted by molar-refractivity contribution is 6.32. The van der Waals surface area contributed by atoms with Crippen LogP contribution in [0.2, 0.25) is 5.02 Å². The number of ether oxygens (including phenoxy) is 1. The molecule has 0 aromatic heterocycles. The van der Waals surface area contributed by atoms with E-state index in [4.69, 9.17) is 16.3 Å². The summed E-state index contributed by atoms with van der Waals surface area (Å²) in [5.74, 6) is 2.04. The van der Waals surface area contributed by atoms with Crippen molar-refractivity contribution < 1.29 is 9.84 Å². The fourth-order valence-corrected chi connectivity index (χ4v) is 3.23. The van der Waals surface area contributed by atoms with Gasteiger partial charge in [0, 0.05) is 19.6 Å². The second-order valence-corrected chi connectivity index (χ2v) is 6.47. The lowest BCUT2D eigenvalue weighted by atomic mass is 9.92. The Morgan fingerprint density at radius 1 is 1.30 bits per heavy atom. The molecule has 1 aromatic carbocycles. The normalized spacial score (nSPS) is 25.4. The van der Waals surface area contributed by atoms with Crippen LogP contribution in [0.1, 0.15) is 20.3 Å². The molecule has 0 bridgehead atoms. The standard InChI is InChI=1S/C16H24ClNO2/c1-12-7-13(2)9-18(8-12)10-14(19)11-20-16-6-4-3-5-15(16)17/h3-6,12-14,19H,7-11H2,1-2H3/t12-,13-,14+/m1/s1. The lowest BCUT2D eigenvalue weighted by Gasteiger charge is -2.35. The summed E-state index contributed by atoms with van der Waals surface area (Å²) < 4.78 is 5.59.